The summed E-state index contributed by atoms with van der Waals surface area (Å²) in [6.45, 7) is 6.89. The van der Waals surface area contributed by atoms with E-state index in [1.165, 1.54) is 11.3 Å². The van der Waals surface area contributed by atoms with Crippen molar-refractivity contribution < 1.29 is 14.3 Å². The first-order valence-corrected chi connectivity index (χ1v) is 14.5. The molecular weight excluding hydrogens is 649 g/mol. The number of carbonyl (C=O) groups is 1. The number of nitrogens with zero attached hydrogens (tertiary/aromatic N) is 3. The number of terminal acetylenes is 1. The molecule has 2 aromatic carbocycles. The fourth-order valence-corrected chi connectivity index (χ4v) is 6.42. The molecule has 0 aliphatic carbocycles. The molecule has 7 nitrogen and oxygen atoms in total. The van der Waals surface area contributed by atoms with Gasteiger partial charge < -0.3 is 14.4 Å². The predicted molar refractivity (Wildman–Crippen MR) is 163 cm³/mol. The quantitative estimate of drug-likeness (QED) is 0.263. The number of rotatable bonds is 8. The second-order valence-corrected chi connectivity index (χ2v) is 11.2. The number of carbonyl (C=O) groups excluding carboxylic acids is 1. The van der Waals surface area contributed by atoms with Gasteiger partial charge in [-0.25, -0.2) is 4.99 Å². The number of methoxy groups -OCH3 is 1. The lowest BCUT2D eigenvalue weighted by Gasteiger charge is -2.29. The Hall–Kier alpha value is -3.07. The third-order valence-corrected chi connectivity index (χ3v) is 8.37. The molecule has 39 heavy (non-hydrogen) atoms. The second-order valence-electron chi connectivity index (χ2n) is 8.64. The van der Waals surface area contributed by atoms with Crippen LogP contribution in [-0.2, 0) is 4.79 Å². The van der Waals surface area contributed by atoms with Crippen LogP contribution in [0.15, 0.2) is 57.5 Å². The molecule has 1 amide bonds. The van der Waals surface area contributed by atoms with Crippen molar-refractivity contribution in [1.82, 2.24) is 9.47 Å². The van der Waals surface area contributed by atoms with Crippen LogP contribution in [0.4, 0.5) is 0 Å². The lowest BCUT2D eigenvalue weighted by molar-refractivity contribution is -0.127. The van der Waals surface area contributed by atoms with E-state index in [0.29, 0.717) is 50.2 Å². The molecule has 0 saturated heterocycles. The number of likely N-dealkylation sites (N-methyl/N-ethyl adjacent to an activating group) is 1. The van der Waals surface area contributed by atoms with Gasteiger partial charge in [0.1, 0.15) is 6.61 Å². The summed E-state index contributed by atoms with van der Waals surface area (Å²) in [7, 11) is 1.55. The zero-order chi connectivity index (χ0) is 28.3. The summed E-state index contributed by atoms with van der Waals surface area (Å²) in [4.78, 5) is 34.6. The summed E-state index contributed by atoms with van der Waals surface area (Å²) >= 11 is 9.59. The Morgan fingerprint density at radius 3 is 2.59 bits per heavy atom. The second kappa shape index (κ2) is 12.4. The first-order chi connectivity index (χ1) is 18.7. The average molecular weight is 676 g/mol. The largest absolute Gasteiger partial charge is 0.493 e. The van der Waals surface area contributed by atoms with Crippen molar-refractivity contribution in [3.8, 4) is 23.8 Å². The van der Waals surface area contributed by atoms with Crippen LogP contribution in [0.3, 0.4) is 0 Å². The van der Waals surface area contributed by atoms with Crippen LogP contribution in [0, 0.1) is 15.9 Å². The Kier molecular flexibility index (Phi) is 9.20. The van der Waals surface area contributed by atoms with Crippen molar-refractivity contribution in [2.75, 3.05) is 26.8 Å². The van der Waals surface area contributed by atoms with Crippen LogP contribution in [0.2, 0.25) is 5.02 Å². The van der Waals surface area contributed by atoms with E-state index >= 15 is 0 Å². The van der Waals surface area contributed by atoms with E-state index in [-0.39, 0.29) is 18.1 Å². The molecule has 1 aromatic heterocycles. The van der Waals surface area contributed by atoms with E-state index < -0.39 is 6.04 Å². The molecule has 2 heterocycles. The van der Waals surface area contributed by atoms with Gasteiger partial charge in [-0.3, -0.25) is 14.2 Å². The van der Waals surface area contributed by atoms with Crippen molar-refractivity contribution in [2.24, 2.45) is 4.99 Å². The van der Waals surface area contributed by atoms with Gasteiger partial charge in [-0.05, 0) is 84.8 Å². The van der Waals surface area contributed by atoms with E-state index in [9.17, 15) is 9.59 Å². The number of benzene rings is 2. The Balaban J connectivity index is 1.91. The molecule has 1 aliphatic rings. The van der Waals surface area contributed by atoms with Crippen molar-refractivity contribution >= 4 is 57.5 Å². The monoisotopic (exact) mass is 675 g/mol. The molecule has 0 fully saturated rings. The smallest absolute Gasteiger partial charge is 0.271 e. The summed E-state index contributed by atoms with van der Waals surface area (Å²) in [6.07, 6.45) is 7.14. The van der Waals surface area contributed by atoms with E-state index in [0.717, 1.165) is 14.7 Å². The fourth-order valence-electron chi connectivity index (χ4n) is 4.47. The predicted octanol–water partition coefficient (Wildman–Crippen LogP) is 4.38. The lowest BCUT2D eigenvalue weighted by atomic mass is 9.94. The SMILES string of the molecule is C#CCOc1c(I)cc(/C=c2/sc3n(c2=O)[C@@H](c2ccc(Cl)cc2)C(C(=O)N(CC)CC)=C(C)N=3)cc1OC. The molecule has 0 saturated carbocycles. The van der Waals surface area contributed by atoms with Crippen LogP contribution < -0.4 is 24.4 Å². The summed E-state index contributed by atoms with van der Waals surface area (Å²) in [6, 6.07) is 10.3. The third-order valence-electron chi connectivity index (χ3n) is 6.34. The zero-order valence-electron chi connectivity index (χ0n) is 22.0. The minimum atomic E-state index is -0.636. The van der Waals surface area contributed by atoms with Crippen LogP contribution in [0.5, 0.6) is 11.5 Å². The molecule has 0 unspecified atom stereocenters. The molecule has 0 spiro atoms. The minimum absolute atomic E-state index is 0.114. The van der Waals surface area contributed by atoms with Crippen molar-refractivity contribution in [2.45, 2.75) is 26.8 Å². The minimum Gasteiger partial charge on any atom is -0.493 e. The van der Waals surface area contributed by atoms with Gasteiger partial charge >= 0.3 is 0 Å². The van der Waals surface area contributed by atoms with E-state index in [2.05, 4.69) is 28.5 Å². The van der Waals surface area contributed by atoms with Crippen molar-refractivity contribution in [3.63, 3.8) is 0 Å². The molecule has 0 radical (unpaired) electrons. The van der Waals surface area contributed by atoms with E-state index in [1.807, 2.05) is 39.0 Å². The van der Waals surface area contributed by atoms with Crippen LogP contribution in [-0.4, -0.2) is 42.2 Å². The number of ether oxygens (including phenoxy) is 2. The highest BCUT2D eigenvalue weighted by atomic mass is 127. The van der Waals surface area contributed by atoms with Crippen LogP contribution in [0.25, 0.3) is 6.08 Å². The number of fused-ring (bicyclic) bond motifs is 1. The standard InChI is InChI=1S/C29H27ClIN3O4S/c1-6-13-38-26-21(31)14-18(15-22(26)37-5)16-23-27(35)34-25(19-9-11-20(30)12-10-19)24(17(4)32-29(34)39-23)28(36)33(7-2)8-3/h1,9-12,14-16,25H,7-8,13H2,2-5H3/b23-16+/t25-/m0/s1. The van der Waals surface area contributed by atoms with Gasteiger partial charge in [-0.1, -0.05) is 41.0 Å². The fraction of sp³-hybridized carbons (Fsp3) is 0.276. The number of hydrogen-bond acceptors (Lipinski definition) is 6. The Morgan fingerprint density at radius 2 is 1.97 bits per heavy atom. The van der Waals surface area contributed by atoms with E-state index in [1.54, 1.807) is 40.9 Å². The van der Waals surface area contributed by atoms with Crippen LogP contribution in [0.1, 0.15) is 37.9 Å². The number of hydrogen-bond donors (Lipinski definition) is 0. The molecule has 202 valence electrons. The number of amides is 1. The molecule has 10 heteroatoms. The Labute approximate surface area is 249 Å². The number of aromatic nitrogens is 1. The van der Waals surface area contributed by atoms with E-state index in [4.69, 9.17) is 32.5 Å². The third kappa shape index (κ3) is 5.78. The highest BCUT2D eigenvalue weighted by molar-refractivity contribution is 14.1. The number of thiazole rings is 1. The normalized spacial score (nSPS) is 14.9. The van der Waals surface area contributed by atoms with Crippen molar-refractivity contribution in [3.05, 3.63) is 87.1 Å². The van der Waals surface area contributed by atoms with Gasteiger partial charge in [0, 0.05) is 18.1 Å². The Bertz CT molecular complexity index is 1660. The molecule has 4 rings (SSSR count). The van der Waals surface area contributed by atoms with Gasteiger partial charge in [-0.15, -0.1) is 6.42 Å². The summed E-state index contributed by atoms with van der Waals surface area (Å²) in [5, 5.41) is 0.571. The number of halogens is 2. The highest BCUT2D eigenvalue weighted by Gasteiger charge is 2.34. The summed E-state index contributed by atoms with van der Waals surface area (Å²) in [5.74, 6) is 3.37. The molecule has 0 bridgehead atoms. The zero-order valence-corrected chi connectivity index (χ0v) is 25.7. The van der Waals surface area contributed by atoms with Crippen LogP contribution >= 0.6 is 45.5 Å². The molecule has 0 N–H and O–H groups in total. The summed E-state index contributed by atoms with van der Waals surface area (Å²) in [5.41, 5.74) is 2.37. The molecule has 3 aromatic rings. The first-order valence-electron chi connectivity index (χ1n) is 12.2. The van der Waals surface area contributed by atoms with Gasteiger partial charge in [0.2, 0.25) is 0 Å². The molecule has 1 aliphatic heterocycles. The maximum atomic E-state index is 13.9. The number of allylic oxidation sites excluding steroid dienone is 1. The molecular formula is C29H27ClIN3O4S. The lowest BCUT2D eigenvalue weighted by Crippen LogP contribution is -2.43. The van der Waals surface area contributed by atoms with Gasteiger partial charge in [0.25, 0.3) is 11.5 Å². The maximum absolute atomic E-state index is 13.9. The van der Waals surface area contributed by atoms with Crippen molar-refractivity contribution in [1.29, 1.82) is 0 Å². The molecule has 1 atom stereocenters. The van der Waals surface area contributed by atoms with Gasteiger partial charge in [0.05, 0.1) is 32.5 Å². The highest BCUT2D eigenvalue weighted by Crippen LogP contribution is 2.34. The first kappa shape index (κ1) is 28.9. The van der Waals surface area contributed by atoms with Gasteiger partial charge in [0.15, 0.2) is 16.3 Å². The topological polar surface area (TPSA) is 73.1 Å². The maximum Gasteiger partial charge on any atom is 0.271 e. The van der Waals surface area contributed by atoms with Gasteiger partial charge in [-0.2, -0.15) is 0 Å². The Morgan fingerprint density at radius 1 is 1.28 bits per heavy atom. The average Bonchev–Trinajstić information content (AvgIpc) is 3.22. The summed E-state index contributed by atoms with van der Waals surface area (Å²) < 4.78 is 14.0.